The highest BCUT2D eigenvalue weighted by molar-refractivity contribution is 7.21. The summed E-state index contributed by atoms with van der Waals surface area (Å²) in [6, 6.07) is 14.3. The molecule has 0 bridgehead atoms. The van der Waals surface area contributed by atoms with Gasteiger partial charge in [-0.25, -0.2) is 4.98 Å². The van der Waals surface area contributed by atoms with Gasteiger partial charge in [0, 0.05) is 22.9 Å². The lowest BCUT2D eigenvalue weighted by atomic mass is 10.1. The van der Waals surface area contributed by atoms with Crippen molar-refractivity contribution in [2.24, 2.45) is 0 Å². The third kappa shape index (κ3) is 4.62. The maximum Gasteiger partial charge on any atom is 0.423 e. The number of benzene rings is 3. The molecule has 0 radical (unpaired) electrons. The van der Waals surface area contributed by atoms with E-state index in [1.807, 2.05) is 18.2 Å². The molecule has 0 aliphatic heterocycles. The number of fused-ring (bicyclic) bond motifs is 1. The first-order chi connectivity index (χ1) is 15.7. The molecule has 1 heterocycles. The summed E-state index contributed by atoms with van der Waals surface area (Å²) >= 11 is 1.46. The highest BCUT2D eigenvalue weighted by Gasteiger charge is 2.38. The van der Waals surface area contributed by atoms with Crippen molar-refractivity contribution in [2.75, 3.05) is 12.4 Å². The summed E-state index contributed by atoms with van der Waals surface area (Å²) < 4.78 is 45.6. The van der Waals surface area contributed by atoms with Crippen molar-refractivity contribution in [2.45, 2.75) is 6.18 Å². The minimum absolute atomic E-state index is 0.346. The summed E-state index contributed by atoms with van der Waals surface area (Å²) in [5.41, 5.74) is -0.995. The number of nitro benzene ring substituents is 1. The molecule has 0 aliphatic carbocycles. The number of aromatic nitrogens is 1. The number of methoxy groups -OCH3 is 1. The molecule has 1 N–H and O–H groups in total. The first kappa shape index (κ1) is 22.2. The number of carbonyl (C=O) groups excluding carboxylic acids is 1. The summed E-state index contributed by atoms with van der Waals surface area (Å²) in [4.78, 5) is 26.7. The molecule has 4 aromatic rings. The van der Waals surface area contributed by atoms with Crippen LogP contribution in [0.3, 0.4) is 0 Å². The minimum atomic E-state index is -4.97. The SMILES string of the molecule is COc1ccc2nc(-c3ccc(NC(=O)c4ccc([N+](=O)[O-])c(C(F)(F)F)c4)cc3)sc2c1. The highest BCUT2D eigenvalue weighted by atomic mass is 32.1. The fourth-order valence-corrected chi connectivity index (χ4v) is 4.12. The number of nitro groups is 1. The van der Waals surface area contributed by atoms with Gasteiger partial charge in [0.2, 0.25) is 0 Å². The van der Waals surface area contributed by atoms with Gasteiger partial charge in [0.1, 0.15) is 16.3 Å². The summed E-state index contributed by atoms with van der Waals surface area (Å²) in [7, 11) is 1.58. The Morgan fingerprint density at radius 1 is 1.09 bits per heavy atom. The van der Waals surface area contributed by atoms with E-state index in [-0.39, 0.29) is 5.56 Å². The molecule has 0 spiro atoms. The Kier molecular flexibility index (Phi) is 5.73. The van der Waals surface area contributed by atoms with Crippen molar-refractivity contribution >= 4 is 38.8 Å². The molecule has 0 fully saturated rings. The largest absolute Gasteiger partial charge is 0.497 e. The van der Waals surface area contributed by atoms with E-state index in [1.54, 1.807) is 31.4 Å². The molecule has 0 unspecified atom stereocenters. The van der Waals surface area contributed by atoms with E-state index in [4.69, 9.17) is 4.74 Å². The molecule has 168 valence electrons. The minimum Gasteiger partial charge on any atom is -0.497 e. The Balaban J connectivity index is 1.55. The van der Waals surface area contributed by atoms with Gasteiger partial charge in [0.15, 0.2) is 0 Å². The lowest BCUT2D eigenvalue weighted by Crippen LogP contribution is -2.15. The monoisotopic (exact) mass is 473 g/mol. The number of rotatable bonds is 5. The van der Waals surface area contributed by atoms with Crippen LogP contribution in [0.1, 0.15) is 15.9 Å². The smallest absolute Gasteiger partial charge is 0.423 e. The maximum atomic E-state index is 13.2. The number of carbonyl (C=O) groups is 1. The third-order valence-electron chi connectivity index (χ3n) is 4.75. The van der Waals surface area contributed by atoms with E-state index < -0.39 is 28.3 Å². The average Bonchev–Trinajstić information content (AvgIpc) is 3.21. The van der Waals surface area contributed by atoms with Crippen LogP contribution in [-0.4, -0.2) is 22.9 Å². The van der Waals surface area contributed by atoms with E-state index >= 15 is 0 Å². The molecule has 0 aliphatic rings. The molecular formula is C22H14F3N3O4S. The number of hydrogen-bond donors (Lipinski definition) is 1. The van der Waals surface area contributed by atoms with E-state index in [9.17, 15) is 28.1 Å². The van der Waals surface area contributed by atoms with Crippen LogP contribution in [0.2, 0.25) is 0 Å². The lowest BCUT2D eigenvalue weighted by molar-refractivity contribution is -0.388. The zero-order valence-electron chi connectivity index (χ0n) is 16.8. The average molecular weight is 473 g/mol. The summed E-state index contributed by atoms with van der Waals surface area (Å²) in [6.45, 7) is 0. The molecule has 11 heteroatoms. The van der Waals surface area contributed by atoms with Crippen molar-refractivity contribution in [1.29, 1.82) is 0 Å². The second-order valence-electron chi connectivity index (χ2n) is 6.87. The predicted molar refractivity (Wildman–Crippen MR) is 118 cm³/mol. The van der Waals surface area contributed by atoms with E-state index in [0.717, 1.165) is 32.6 Å². The second-order valence-corrected chi connectivity index (χ2v) is 7.90. The number of hydrogen-bond acceptors (Lipinski definition) is 6. The molecule has 1 aromatic heterocycles. The summed E-state index contributed by atoms with van der Waals surface area (Å²) in [6.07, 6.45) is -4.97. The van der Waals surface area contributed by atoms with E-state index in [1.165, 1.54) is 11.3 Å². The van der Waals surface area contributed by atoms with Crippen molar-refractivity contribution < 1.29 is 27.6 Å². The van der Waals surface area contributed by atoms with Gasteiger partial charge in [-0.15, -0.1) is 11.3 Å². The van der Waals surface area contributed by atoms with E-state index in [2.05, 4.69) is 10.3 Å². The molecular weight excluding hydrogens is 459 g/mol. The van der Waals surface area contributed by atoms with Crippen molar-refractivity contribution in [3.8, 4) is 16.3 Å². The van der Waals surface area contributed by atoms with Gasteiger partial charge in [-0.2, -0.15) is 13.2 Å². The van der Waals surface area contributed by atoms with Crippen molar-refractivity contribution in [3.05, 3.63) is 81.9 Å². The van der Waals surface area contributed by atoms with Crippen LogP contribution in [0.5, 0.6) is 5.75 Å². The van der Waals surface area contributed by atoms with E-state index in [0.29, 0.717) is 17.8 Å². The standard InChI is InChI=1S/C22H14F3N3O4S/c1-32-15-7-8-17-19(11-15)33-21(27-17)12-2-5-14(6-3-12)26-20(29)13-4-9-18(28(30)31)16(10-13)22(23,24)25/h2-11H,1H3,(H,26,29). The van der Waals surface area contributed by atoms with Crippen molar-refractivity contribution in [1.82, 2.24) is 4.98 Å². The summed E-state index contributed by atoms with van der Waals surface area (Å²) in [5.74, 6) is -0.106. The first-order valence-corrected chi connectivity index (χ1v) is 10.2. The van der Waals surface area contributed by atoms with Gasteiger partial charge >= 0.3 is 6.18 Å². The Morgan fingerprint density at radius 2 is 1.82 bits per heavy atom. The van der Waals surface area contributed by atoms with Crippen LogP contribution in [0.25, 0.3) is 20.8 Å². The number of amides is 1. The quantitative estimate of drug-likeness (QED) is 0.277. The highest BCUT2D eigenvalue weighted by Crippen LogP contribution is 2.37. The number of thiazole rings is 1. The van der Waals surface area contributed by atoms with Gasteiger partial charge in [0.05, 0.1) is 22.2 Å². The molecule has 0 atom stereocenters. The molecule has 7 nitrogen and oxygen atoms in total. The van der Waals surface area contributed by atoms with Crippen LogP contribution < -0.4 is 10.1 Å². The molecule has 3 aromatic carbocycles. The third-order valence-corrected chi connectivity index (χ3v) is 5.81. The van der Waals surface area contributed by atoms with Crippen LogP contribution >= 0.6 is 11.3 Å². The Hall–Kier alpha value is -3.99. The van der Waals surface area contributed by atoms with Crippen molar-refractivity contribution in [3.63, 3.8) is 0 Å². The number of nitrogens with one attached hydrogen (secondary N) is 1. The van der Waals surface area contributed by atoms with Crippen LogP contribution in [0.15, 0.2) is 60.7 Å². The Labute approximate surface area is 188 Å². The van der Waals surface area contributed by atoms with Gasteiger partial charge < -0.3 is 10.1 Å². The molecule has 33 heavy (non-hydrogen) atoms. The number of ether oxygens (including phenoxy) is 1. The van der Waals surface area contributed by atoms with Gasteiger partial charge in [-0.3, -0.25) is 14.9 Å². The zero-order chi connectivity index (χ0) is 23.8. The predicted octanol–water partition coefficient (Wildman–Crippen LogP) is 6.15. The zero-order valence-corrected chi connectivity index (χ0v) is 17.7. The summed E-state index contributed by atoms with van der Waals surface area (Å²) in [5, 5.41) is 14.1. The molecule has 1 amide bonds. The molecule has 4 rings (SSSR count). The molecule has 0 saturated carbocycles. The topological polar surface area (TPSA) is 94.4 Å². The van der Waals surface area contributed by atoms with Gasteiger partial charge in [-0.1, -0.05) is 0 Å². The number of nitrogens with zero attached hydrogens (tertiary/aromatic N) is 2. The maximum absolute atomic E-state index is 13.2. The van der Waals surface area contributed by atoms with Crippen LogP contribution in [0.4, 0.5) is 24.5 Å². The fourth-order valence-electron chi connectivity index (χ4n) is 3.12. The van der Waals surface area contributed by atoms with Crippen LogP contribution in [-0.2, 0) is 6.18 Å². The Bertz CT molecular complexity index is 1370. The normalized spacial score (nSPS) is 11.4. The number of anilines is 1. The van der Waals surface area contributed by atoms with Gasteiger partial charge in [-0.05, 0) is 54.6 Å². The molecule has 0 saturated heterocycles. The number of halogens is 3. The lowest BCUT2D eigenvalue weighted by Gasteiger charge is -2.10. The number of alkyl halides is 3. The first-order valence-electron chi connectivity index (χ1n) is 9.38. The fraction of sp³-hybridized carbons (Fsp3) is 0.0909. The Morgan fingerprint density at radius 3 is 2.45 bits per heavy atom. The van der Waals surface area contributed by atoms with Gasteiger partial charge in [0.25, 0.3) is 11.6 Å². The second kappa shape index (κ2) is 8.51. The van der Waals surface area contributed by atoms with Crippen LogP contribution in [0, 0.1) is 10.1 Å².